The van der Waals surface area contributed by atoms with Gasteiger partial charge in [-0.2, -0.15) is 0 Å². The molecule has 2 N–H and O–H groups in total. The number of nitrogens with zero attached hydrogens (tertiary/aromatic N) is 5. The number of aryl methyl sites for hydroxylation is 1. The van der Waals surface area contributed by atoms with Crippen molar-refractivity contribution < 1.29 is 29.0 Å². The fourth-order valence-electron chi connectivity index (χ4n) is 7.66. The van der Waals surface area contributed by atoms with E-state index < -0.39 is 24.1 Å². The highest BCUT2D eigenvalue weighted by molar-refractivity contribution is 6.06. The number of nitrogens with one attached hydrogen (secondary N) is 1. The molecular weight excluding hydrogens is 652 g/mol. The first-order valence-electron chi connectivity index (χ1n) is 17.1. The van der Waals surface area contributed by atoms with Crippen LogP contribution in [0, 0.1) is 5.92 Å². The summed E-state index contributed by atoms with van der Waals surface area (Å²) in [5, 5.41) is 14.6. The van der Waals surface area contributed by atoms with Crippen molar-refractivity contribution in [1.82, 2.24) is 19.8 Å². The number of pyridine rings is 2. The van der Waals surface area contributed by atoms with Crippen molar-refractivity contribution in [3.8, 4) is 22.6 Å². The lowest BCUT2D eigenvalue weighted by Gasteiger charge is -2.34. The average molecular weight is 695 g/mol. The number of anilines is 2. The van der Waals surface area contributed by atoms with Gasteiger partial charge in [0.1, 0.15) is 23.4 Å². The maximum atomic E-state index is 13.4. The number of imide groups is 1. The van der Waals surface area contributed by atoms with Gasteiger partial charge in [0.2, 0.25) is 11.8 Å². The second kappa shape index (κ2) is 13.4. The Bertz CT molecular complexity index is 2090. The smallest absolute Gasteiger partial charge is 0.259 e. The molecule has 0 saturated carbocycles. The van der Waals surface area contributed by atoms with Gasteiger partial charge in [0.25, 0.3) is 11.5 Å². The first-order chi connectivity index (χ1) is 24.5. The minimum absolute atomic E-state index is 0.118. The molecule has 2 saturated heterocycles. The molecule has 3 amide bonds. The third-order valence-electron chi connectivity index (χ3n) is 10.5. The number of aliphatic hydroxyl groups excluding tert-OH is 1. The predicted octanol–water partition coefficient (Wildman–Crippen LogP) is 3.39. The van der Waals surface area contributed by atoms with Gasteiger partial charge in [0.05, 0.1) is 19.6 Å². The summed E-state index contributed by atoms with van der Waals surface area (Å²) in [6.45, 7) is 1.54. The molecule has 13 nitrogen and oxygen atoms in total. The van der Waals surface area contributed by atoms with E-state index in [2.05, 4.69) is 15.2 Å². The molecule has 2 aromatic heterocycles. The Morgan fingerprint density at radius 1 is 0.941 bits per heavy atom. The molecule has 2 atom stereocenters. The standard InChI is InChI=1S/C38H42N6O7/c1-41(2)33-18-25-28(19-39-33)36(47)42(3)20-29(25)22-15-31(50-4)27(32(16-22)51-5)14-21-10-12-43(13-11-21)23-6-7-24-26(17-23)38(49)44(37(24)48)30-8-9-34(45)40-35(30)46/h6-7,15-21,30,37,48H,8-14H2,1-5H3,(H,40,45,46). The summed E-state index contributed by atoms with van der Waals surface area (Å²) in [6, 6.07) is 10.5. The van der Waals surface area contributed by atoms with E-state index in [1.807, 2.05) is 49.5 Å². The first kappa shape index (κ1) is 34.0. The van der Waals surface area contributed by atoms with E-state index in [4.69, 9.17) is 9.47 Å². The number of carbonyl (C=O) groups excluding carboxylic acids is 3. The van der Waals surface area contributed by atoms with Crippen molar-refractivity contribution in [2.24, 2.45) is 13.0 Å². The Labute approximate surface area is 295 Å². The van der Waals surface area contributed by atoms with Crippen LogP contribution in [0.15, 0.2) is 53.6 Å². The zero-order valence-electron chi connectivity index (χ0n) is 29.4. The maximum absolute atomic E-state index is 13.4. The van der Waals surface area contributed by atoms with Gasteiger partial charge in [-0.05, 0) is 67.5 Å². The quantitative estimate of drug-likeness (QED) is 0.263. The summed E-state index contributed by atoms with van der Waals surface area (Å²) in [5.41, 5.74) is 4.33. The van der Waals surface area contributed by atoms with Gasteiger partial charge in [-0.3, -0.25) is 29.4 Å². The van der Waals surface area contributed by atoms with Crippen LogP contribution in [0.3, 0.4) is 0 Å². The van der Waals surface area contributed by atoms with Crippen LogP contribution >= 0.6 is 0 Å². The highest BCUT2D eigenvalue weighted by Crippen LogP contribution is 2.41. The van der Waals surface area contributed by atoms with Crippen molar-refractivity contribution >= 4 is 40.0 Å². The molecule has 3 aliphatic heterocycles. The summed E-state index contributed by atoms with van der Waals surface area (Å²) in [6.07, 6.45) is 5.07. The molecule has 2 aromatic carbocycles. The molecule has 0 radical (unpaired) electrons. The Balaban J connectivity index is 1.09. The molecular formula is C38H42N6O7. The lowest BCUT2D eigenvalue weighted by Crippen LogP contribution is -2.53. The largest absolute Gasteiger partial charge is 0.496 e. The van der Waals surface area contributed by atoms with E-state index in [-0.39, 0.29) is 24.3 Å². The topological polar surface area (TPSA) is 147 Å². The van der Waals surface area contributed by atoms with E-state index in [1.54, 1.807) is 44.2 Å². The van der Waals surface area contributed by atoms with E-state index in [0.29, 0.717) is 33.9 Å². The van der Waals surface area contributed by atoms with Crippen molar-refractivity contribution in [2.45, 2.75) is 44.4 Å². The number of carbonyl (C=O) groups is 3. The number of hydrogen-bond donors (Lipinski definition) is 2. The number of rotatable bonds is 8. The Hall–Kier alpha value is -5.43. The maximum Gasteiger partial charge on any atom is 0.259 e. The SMILES string of the molecule is COc1cc(-c2cn(C)c(=O)c3cnc(N(C)C)cc23)cc(OC)c1CC1CCN(c2ccc3c(c2)C(=O)N(C2CCC(=O)NC2=O)C3O)CC1. The van der Waals surface area contributed by atoms with E-state index >= 15 is 0 Å². The first-order valence-corrected chi connectivity index (χ1v) is 17.1. The summed E-state index contributed by atoms with van der Waals surface area (Å²) < 4.78 is 13.5. The van der Waals surface area contributed by atoms with Crippen molar-refractivity contribution in [2.75, 3.05) is 51.2 Å². The van der Waals surface area contributed by atoms with Crippen molar-refractivity contribution in [3.63, 3.8) is 0 Å². The van der Waals surface area contributed by atoms with Gasteiger partial charge in [0, 0.05) is 86.4 Å². The van der Waals surface area contributed by atoms with Crippen LogP contribution in [0.5, 0.6) is 11.5 Å². The number of hydrogen-bond acceptors (Lipinski definition) is 10. The number of ether oxygens (including phenoxy) is 2. The van der Waals surface area contributed by atoms with Gasteiger partial charge >= 0.3 is 0 Å². The molecule has 3 aliphatic rings. The average Bonchev–Trinajstić information content (AvgIpc) is 3.38. The van der Waals surface area contributed by atoms with Gasteiger partial charge < -0.3 is 28.9 Å². The van der Waals surface area contributed by atoms with Crippen LogP contribution in [-0.2, 0) is 23.1 Å². The zero-order valence-corrected chi connectivity index (χ0v) is 29.4. The summed E-state index contributed by atoms with van der Waals surface area (Å²) >= 11 is 0. The normalized spacial score (nSPS) is 19.4. The fourth-order valence-corrected chi connectivity index (χ4v) is 7.66. The van der Waals surface area contributed by atoms with Crippen LogP contribution in [0.4, 0.5) is 11.5 Å². The third-order valence-corrected chi connectivity index (χ3v) is 10.5. The van der Waals surface area contributed by atoms with E-state index in [9.17, 15) is 24.3 Å². The van der Waals surface area contributed by atoms with Crippen LogP contribution in [-0.4, -0.2) is 84.7 Å². The lowest BCUT2D eigenvalue weighted by atomic mass is 9.88. The van der Waals surface area contributed by atoms with E-state index in [0.717, 1.165) is 65.9 Å². The summed E-state index contributed by atoms with van der Waals surface area (Å²) in [5.74, 6) is 1.18. The van der Waals surface area contributed by atoms with Crippen LogP contribution in [0.25, 0.3) is 21.9 Å². The van der Waals surface area contributed by atoms with Gasteiger partial charge in [-0.15, -0.1) is 0 Å². The fraction of sp³-hybridized carbons (Fsp3) is 0.395. The van der Waals surface area contributed by atoms with Crippen LogP contribution in [0.2, 0.25) is 0 Å². The predicted molar refractivity (Wildman–Crippen MR) is 192 cm³/mol. The number of piperidine rings is 2. The molecule has 266 valence electrons. The molecule has 0 spiro atoms. The number of methoxy groups -OCH3 is 2. The second-order valence-corrected chi connectivity index (χ2v) is 13.8. The molecule has 5 heterocycles. The Morgan fingerprint density at radius 2 is 1.65 bits per heavy atom. The number of aliphatic hydroxyl groups is 1. The molecule has 7 rings (SSSR count). The molecule has 13 heteroatoms. The minimum Gasteiger partial charge on any atom is -0.496 e. The third kappa shape index (κ3) is 6.05. The van der Waals surface area contributed by atoms with Crippen LogP contribution < -0.4 is 30.1 Å². The monoisotopic (exact) mass is 694 g/mol. The van der Waals surface area contributed by atoms with E-state index in [1.165, 1.54) is 4.90 Å². The van der Waals surface area contributed by atoms with Gasteiger partial charge in [0.15, 0.2) is 6.23 Å². The molecule has 51 heavy (non-hydrogen) atoms. The van der Waals surface area contributed by atoms with Gasteiger partial charge in [-0.1, -0.05) is 6.07 Å². The molecule has 0 aliphatic carbocycles. The zero-order chi connectivity index (χ0) is 36.1. The number of benzene rings is 2. The Morgan fingerprint density at radius 3 is 2.29 bits per heavy atom. The molecule has 0 bridgehead atoms. The van der Waals surface area contributed by atoms with Gasteiger partial charge in [-0.25, -0.2) is 4.98 Å². The lowest BCUT2D eigenvalue weighted by molar-refractivity contribution is -0.139. The molecule has 2 fully saturated rings. The number of amides is 3. The second-order valence-electron chi connectivity index (χ2n) is 13.8. The molecule has 2 unspecified atom stereocenters. The molecule has 4 aromatic rings. The minimum atomic E-state index is -1.24. The summed E-state index contributed by atoms with van der Waals surface area (Å²) in [7, 11) is 8.88. The Kier molecular flexibility index (Phi) is 8.92. The van der Waals surface area contributed by atoms with Crippen molar-refractivity contribution in [1.29, 1.82) is 0 Å². The number of fused-ring (bicyclic) bond motifs is 2. The van der Waals surface area contributed by atoms with Crippen LogP contribution in [0.1, 0.15) is 53.4 Å². The summed E-state index contributed by atoms with van der Waals surface area (Å²) in [4.78, 5) is 60.4. The highest BCUT2D eigenvalue weighted by Gasteiger charge is 2.44. The number of aromatic nitrogens is 2. The highest BCUT2D eigenvalue weighted by atomic mass is 16.5. The van der Waals surface area contributed by atoms with Crippen molar-refractivity contribution in [3.05, 3.63) is 75.8 Å².